The van der Waals surface area contributed by atoms with E-state index in [0.29, 0.717) is 0 Å². The van der Waals surface area contributed by atoms with Crippen molar-refractivity contribution in [3.8, 4) is 0 Å². The molecule has 26 heavy (non-hydrogen) atoms. The first-order valence-electron chi connectivity index (χ1n) is 8.13. The Balaban J connectivity index is 1.66. The standard InChI is InChI=1S/C19H19F2N3OS/c1-11-4-5-12(2)18-17(11)23-19(26-18)24(3)10-16(25)22-9-13-6-7-14(20)8-15(13)21/h4-8H,9-10H2,1-3H3,(H,22,25). The van der Waals surface area contributed by atoms with E-state index in [0.717, 1.165) is 32.5 Å². The number of benzene rings is 2. The van der Waals surface area contributed by atoms with Gasteiger partial charge in [0.1, 0.15) is 11.6 Å². The lowest BCUT2D eigenvalue weighted by Crippen LogP contribution is -2.34. The van der Waals surface area contributed by atoms with Crippen LogP contribution in [-0.4, -0.2) is 24.5 Å². The van der Waals surface area contributed by atoms with Crippen molar-refractivity contribution in [2.75, 3.05) is 18.5 Å². The summed E-state index contributed by atoms with van der Waals surface area (Å²) < 4.78 is 27.6. The molecule has 2 aromatic carbocycles. The highest BCUT2D eigenvalue weighted by Gasteiger charge is 2.14. The van der Waals surface area contributed by atoms with Gasteiger partial charge in [-0.1, -0.05) is 29.5 Å². The lowest BCUT2D eigenvalue weighted by atomic mass is 10.1. The van der Waals surface area contributed by atoms with Crippen LogP contribution in [0.1, 0.15) is 16.7 Å². The van der Waals surface area contributed by atoms with Crippen LogP contribution in [-0.2, 0) is 11.3 Å². The second-order valence-electron chi connectivity index (χ2n) is 6.24. The van der Waals surface area contributed by atoms with Gasteiger partial charge in [-0.2, -0.15) is 0 Å². The fourth-order valence-corrected chi connectivity index (χ4v) is 3.68. The second-order valence-corrected chi connectivity index (χ2v) is 7.22. The van der Waals surface area contributed by atoms with E-state index in [9.17, 15) is 13.6 Å². The molecule has 3 aromatic rings. The predicted molar refractivity (Wildman–Crippen MR) is 101 cm³/mol. The third-order valence-corrected chi connectivity index (χ3v) is 5.43. The molecular weight excluding hydrogens is 356 g/mol. The summed E-state index contributed by atoms with van der Waals surface area (Å²) in [7, 11) is 1.79. The third-order valence-electron chi connectivity index (χ3n) is 4.13. The topological polar surface area (TPSA) is 45.2 Å². The van der Waals surface area contributed by atoms with Crippen molar-refractivity contribution < 1.29 is 13.6 Å². The summed E-state index contributed by atoms with van der Waals surface area (Å²) in [6, 6.07) is 7.39. The zero-order valence-corrected chi connectivity index (χ0v) is 15.6. The summed E-state index contributed by atoms with van der Waals surface area (Å²) >= 11 is 1.54. The third kappa shape index (κ3) is 3.83. The first-order chi connectivity index (χ1) is 12.3. The summed E-state index contributed by atoms with van der Waals surface area (Å²) in [5.74, 6) is -1.57. The number of likely N-dealkylation sites (N-methyl/N-ethyl adjacent to an activating group) is 1. The molecule has 0 bridgehead atoms. The van der Waals surface area contributed by atoms with Crippen LogP contribution in [0.15, 0.2) is 30.3 Å². The molecular formula is C19H19F2N3OS. The number of hydrogen-bond donors (Lipinski definition) is 1. The molecule has 3 rings (SSSR count). The highest BCUT2D eigenvalue weighted by molar-refractivity contribution is 7.22. The van der Waals surface area contributed by atoms with Crippen LogP contribution in [0, 0.1) is 25.5 Å². The number of nitrogens with one attached hydrogen (secondary N) is 1. The Morgan fingerprint density at radius 2 is 1.92 bits per heavy atom. The molecule has 0 atom stereocenters. The highest BCUT2D eigenvalue weighted by Crippen LogP contribution is 2.32. The van der Waals surface area contributed by atoms with E-state index in [2.05, 4.69) is 16.4 Å². The van der Waals surface area contributed by atoms with Crippen molar-refractivity contribution in [1.29, 1.82) is 0 Å². The number of nitrogens with zero attached hydrogens (tertiary/aromatic N) is 2. The Hall–Kier alpha value is -2.54. The largest absolute Gasteiger partial charge is 0.350 e. The maximum Gasteiger partial charge on any atom is 0.239 e. The molecule has 0 saturated heterocycles. The number of anilines is 1. The molecule has 0 aliphatic rings. The van der Waals surface area contributed by atoms with Crippen molar-refractivity contribution in [1.82, 2.24) is 10.3 Å². The molecule has 7 heteroatoms. The minimum atomic E-state index is -0.671. The van der Waals surface area contributed by atoms with Crippen molar-refractivity contribution in [3.05, 3.63) is 58.7 Å². The molecule has 0 aliphatic heterocycles. The number of fused-ring (bicyclic) bond motifs is 1. The average molecular weight is 375 g/mol. The molecule has 0 spiro atoms. The molecule has 0 saturated carbocycles. The Kier molecular flexibility index (Phi) is 5.18. The number of amides is 1. The van der Waals surface area contributed by atoms with Crippen LogP contribution in [0.4, 0.5) is 13.9 Å². The molecule has 136 valence electrons. The van der Waals surface area contributed by atoms with Crippen LogP contribution in [0.3, 0.4) is 0 Å². The Labute approximate surface area is 154 Å². The maximum absolute atomic E-state index is 13.6. The SMILES string of the molecule is Cc1ccc(C)c2sc(N(C)CC(=O)NCc3ccc(F)cc3F)nc12. The zero-order valence-electron chi connectivity index (χ0n) is 14.8. The van der Waals surface area contributed by atoms with Gasteiger partial charge < -0.3 is 10.2 Å². The highest BCUT2D eigenvalue weighted by atomic mass is 32.1. The van der Waals surface area contributed by atoms with Gasteiger partial charge >= 0.3 is 0 Å². The number of aryl methyl sites for hydroxylation is 2. The smallest absolute Gasteiger partial charge is 0.239 e. The van der Waals surface area contributed by atoms with Crippen molar-refractivity contribution in [3.63, 3.8) is 0 Å². The number of thiazole rings is 1. The summed E-state index contributed by atoms with van der Waals surface area (Å²) in [6.07, 6.45) is 0. The van der Waals surface area contributed by atoms with E-state index in [-0.39, 0.29) is 24.6 Å². The summed E-state index contributed by atoms with van der Waals surface area (Å²) in [6.45, 7) is 4.15. The van der Waals surface area contributed by atoms with E-state index in [1.807, 2.05) is 19.9 Å². The molecule has 0 aliphatic carbocycles. The fraction of sp³-hybridized carbons (Fsp3) is 0.263. The lowest BCUT2D eigenvalue weighted by Gasteiger charge is -2.15. The molecule has 1 heterocycles. The summed E-state index contributed by atoms with van der Waals surface area (Å²) in [5.41, 5.74) is 3.44. The van der Waals surface area contributed by atoms with Gasteiger partial charge in [0.05, 0.1) is 16.8 Å². The first-order valence-corrected chi connectivity index (χ1v) is 8.95. The number of carbonyl (C=O) groups is 1. The van der Waals surface area contributed by atoms with E-state index in [1.165, 1.54) is 23.5 Å². The van der Waals surface area contributed by atoms with Crippen LogP contribution in [0.25, 0.3) is 10.2 Å². The first kappa shape index (κ1) is 18.3. The second kappa shape index (κ2) is 7.37. The summed E-state index contributed by atoms with van der Waals surface area (Å²) in [4.78, 5) is 18.5. The molecule has 1 amide bonds. The Morgan fingerprint density at radius 3 is 2.62 bits per heavy atom. The zero-order chi connectivity index (χ0) is 18.8. The van der Waals surface area contributed by atoms with Gasteiger partial charge in [-0.15, -0.1) is 0 Å². The molecule has 0 fully saturated rings. The van der Waals surface area contributed by atoms with Gasteiger partial charge in [-0.3, -0.25) is 4.79 Å². The quantitative estimate of drug-likeness (QED) is 0.735. The summed E-state index contributed by atoms with van der Waals surface area (Å²) in [5, 5.41) is 3.40. The van der Waals surface area contributed by atoms with E-state index in [4.69, 9.17) is 0 Å². The maximum atomic E-state index is 13.6. The fourth-order valence-electron chi connectivity index (χ4n) is 2.61. The van der Waals surface area contributed by atoms with Gasteiger partial charge in [0, 0.05) is 25.2 Å². The molecule has 0 radical (unpaired) electrons. The number of hydrogen-bond acceptors (Lipinski definition) is 4. The Bertz CT molecular complexity index is 932. The Morgan fingerprint density at radius 1 is 1.19 bits per heavy atom. The number of halogens is 2. The molecule has 1 aromatic heterocycles. The predicted octanol–water partition coefficient (Wildman–Crippen LogP) is 3.94. The van der Waals surface area contributed by atoms with Crippen LogP contribution in [0.5, 0.6) is 0 Å². The number of rotatable bonds is 5. The molecule has 1 N–H and O–H groups in total. The van der Waals surface area contributed by atoms with Crippen LogP contribution in [0.2, 0.25) is 0 Å². The molecule has 4 nitrogen and oxygen atoms in total. The number of aromatic nitrogens is 1. The van der Waals surface area contributed by atoms with E-state index in [1.54, 1.807) is 11.9 Å². The van der Waals surface area contributed by atoms with Crippen LogP contribution < -0.4 is 10.2 Å². The van der Waals surface area contributed by atoms with Gasteiger partial charge in [0.25, 0.3) is 0 Å². The molecule has 0 unspecified atom stereocenters. The minimum Gasteiger partial charge on any atom is -0.350 e. The van der Waals surface area contributed by atoms with Crippen molar-refractivity contribution >= 4 is 32.6 Å². The van der Waals surface area contributed by atoms with Gasteiger partial charge in [-0.05, 0) is 31.0 Å². The van der Waals surface area contributed by atoms with Crippen molar-refractivity contribution in [2.45, 2.75) is 20.4 Å². The normalized spacial score (nSPS) is 11.0. The monoisotopic (exact) mass is 375 g/mol. The van der Waals surface area contributed by atoms with Gasteiger partial charge in [0.2, 0.25) is 5.91 Å². The van der Waals surface area contributed by atoms with E-state index >= 15 is 0 Å². The minimum absolute atomic E-state index is 0.0108. The number of carbonyl (C=O) groups excluding carboxylic acids is 1. The lowest BCUT2D eigenvalue weighted by molar-refractivity contribution is -0.119. The van der Waals surface area contributed by atoms with Gasteiger partial charge in [0.15, 0.2) is 5.13 Å². The van der Waals surface area contributed by atoms with Gasteiger partial charge in [-0.25, -0.2) is 13.8 Å². The van der Waals surface area contributed by atoms with E-state index < -0.39 is 11.6 Å². The van der Waals surface area contributed by atoms with Crippen molar-refractivity contribution in [2.24, 2.45) is 0 Å². The average Bonchev–Trinajstić information content (AvgIpc) is 3.04. The van der Waals surface area contributed by atoms with Crippen LogP contribution >= 0.6 is 11.3 Å².